The summed E-state index contributed by atoms with van der Waals surface area (Å²) in [6.45, 7) is -2.89. The van der Waals surface area contributed by atoms with Crippen molar-refractivity contribution in [3.63, 3.8) is 0 Å². The van der Waals surface area contributed by atoms with E-state index in [1.165, 1.54) is 24.3 Å². The zero-order valence-electron chi connectivity index (χ0n) is 13.0. The number of rotatable bonds is 7. The molecule has 25 heavy (non-hydrogen) atoms. The minimum absolute atomic E-state index is 0.0621. The average Bonchev–Trinajstić information content (AvgIpc) is 3.10. The maximum Gasteiger partial charge on any atom is 0.387 e. The maximum atomic E-state index is 14.0. The summed E-state index contributed by atoms with van der Waals surface area (Å²) in [4.78, 5) is 0. The van der Waals surface area contributed by atoms with Crippen LogP contribution in [0.4, 0.5) is 17.6 Å². The van der Waals surface area contributed by atoms with Gasteiger partial charge in [0.15, 0.2) is 0 Å². The van der Waals surface area contributed by atoms with Crippen molar-refractivity contribution in [3.8, 4) is 5.75 Å². The summed E-state index contributed by atoms with van der Waals surface area (Å²) in [6, 6.07) is 12.7. The quantitative estimate of drug-likeness (QED) is 0.549. The molecule has 0 heterocycles. The van der Waals surface area contributed by atoms with E-state index in [4.69, 9.17) is 4.74 Å². The van der Waals surface area contributed by atoms with E-state index in [0.29, 0.717) is 5.56 Å². The van der Waals surface area contributed by atoms with Gasteiger partial charge in [0.05, 0.1) is 18.6 Å². The topological polar surface area (TPSA) is 18.5 Å². The Balaban J connectivity index is 1.68. The summed E-state index contributed by atoms with van der Waals surface area (Å²) in [7, 11) is 0. The van der Waals surface area contributed by atoms with Gasteiger partial charge in [-0.05, 0) is 35.4 Å². The monoisotopic (exact) mass is 418 g/mol. The van der Waals surface area contributed by atoms with Gasteiger partial charge in [0.2, 0.25) is 0 Å². The van der Waals surface area contributed by atoms with Gasteiger partial charge in [-0.3, -0.25) is 0 Å². The minimum Gasteiger partial charge on any atom is -0.435 e. The molecular formula is C18H15BrF4O2. The molecule has 0 aliphatic heterocycles. The molecule has 0 bridgehead atoms. The summed E-state index contributed by atoms with van der Waals surface area (Å²) in [5.41, 5.74) is -0.190. The molecule has 2 nitrogen and oxygen atoms in total. The Labute approximate surface area is 150 Å². The van der Waals surface area contributed by atoms with Gasteiger partial charge in [-0.1, -0.05) is 40.2 Å². The van der Waals surface area contributed by atoms with Crippen molar-refractivity contribution in [1.29, 1.82) is 0 Å². The van der Waals surface area contributed by atoms with Crippen LogP contribution < -0.4 is 4.74 Å². The Hall–Kier alpha value is -1.60. The Morgan fingerprint density at radius 3 is 2.32 bits per heavy atom. The molecule has 0 N–H and O–H groups in total. The van der Waals surface area contributed by atoms with Gasteiger partial charge in [-0.2, -0.15) is 8.78 Å². The van der Waals surface area contributed by atoms with Crippen LogP contribution in [0.5, 0.6) is 5.75 Å². The van der Waals surface area contributed by atoms with Crippen LogP contribution in [0.25, 0.3) is 0 Å². The predicted molar refractivity (Wildman–Crippen MR) is 88.1 cm³/mol. The van der Waals surface area contributed by atoms with Gasteiger partial charge in [0, 0.05) is 10.9 Å². The van der Waals surface area contributed by atoms with Gasteiger partial charge in [0.1, 0.15) is 5.75 Å². The molecule has 7 heteroatoms. The fourth-order valence-corrected chi connectivity index (χ4v) is 3.26. The lowest BCUT2D eigenvalue weighted by atomic mass is 9.96. The summed E-state index contributed by atoms with van der Waals surface area (Å²) in [5.74, 6) is -2.94. The third-order valence-electron chi connectivity index (χ3n) is 4.24. The minimum atomic E-state index is -2.95. The van der Waals surface area contributed by atoms with Crippen molar-refractivity contribution in [2.24, 2.45) is 0 Å². The molecule has 1 aliphatic rings. The number of hydrogen-bond acceptors (Lipinski definition) is 2. The molecule has 0 saturated heterocycles. The summed E-state index contributed by atoms with van der Waals surface area (Å²) < 4.78 is 63.0. The fourth-order valence-electron chi connectivity index (χ4n) is 2.81. The van der Waals surface area contributed by atoms with Crippen LogP contribution in [0.15, 0.2) is 53.0 Å². The standard InChI is InChI=1S/C18H15BrF4O2/c19-14-3-1-2-12(8-14)9-24-11-17(10-18(17,22)23)13-4-6-15(7-5-13)25-16(20)21/h1-8,16H,9-11H2. The third-order valence-corrected chi connectivity index (χ3v) is 4.73. The smallest absolute Gasteiger partial charge is 0.387 e. The second-order valence-corrected chi connectivity index (χ2v) is 6.90. The number of hydrogen-bond donors (Lipinski definition) is 0. The van der Waals surface area contributed by atoms with Crippen LogP contribution in [-0.2, 0) is 16.8 Å². The van der Waals surface area contributed by atoms with E-state index in [-0.39, 0.29) is 25.4 Å². The van der Waals surface area contributed by atoms with E-state index in [0.717, 1.165) is 10.0 Å². The number of halogens is 5. The molecule has 2 aromatic rings. The van der Waals surface area contributed by atoms with Crippen LogP contribution in [0.1, 0.15) is 17.5 Å². The van der Waals surface area contributed by atoms with Gasteiger partial charge in [0.25, 0.3) is 5.92 Å². The molecule has 2 aromatic carbocycles. The normalized spacial score (nSPS) is 21.4. The summed E-state index contributed by atoms with van der Waals surface area (Å²) in [5, 5.41) is 0. The van der Waals surface area contributed by atoms with Crippen LogP contribution in [0.3, 0.4) is 0 Å². The molecule has 1 saturated carbocycles. The first-order valence-corrected chi connectivity index (χ1v) is 8.37. The summed E-state index contributed by atoms with van der Waals surface area (Å²) in [6.07, 6.45) is -0.326. The fraction of sp³-hybridized carbons (Fsp3) is 0.333. The second kappa shape index (κ2) is 6.96. The highest BCUT2D eigenvalue weighted by atomic mass is 79.9. The Morgan fingerprint density at radius 2 is 1.76 bits per heavy atom. The highest BCUT2D eigenvalue weighted by Gasteiger charge is 2.72. The number of ether oxygens (including phenoxy) is 2. The molecule has 134 valence electrons. The highest BCUT2D eigenvalue weighted by molar-refractivity contribution is 9.10. The predicted octanol–water partition coefficient (Wildman–Crippen LogP) is 5.54. The molecule has 0 aromatic heterocycles. The molecule has 0 amide bonds. The molecule has 1 atom stereocenters. The molecular weight excluding hydrogens is 404 g/mol. The van der Waals surface area contributed by atoms with Gasteiger partial charge < -0.3 is 9.47 Å². The van der Waals surface area contributed by atoms with Crippen molar-refractivity contribution >= 4 is 15.9 Å². The lowest BCUT2D eigenvalue weighted by Gasteiger charge is -2.18. The lowest BCUT2D eigenvalue weighted by Crippen LogP contribution is -2.23. The first-order chi connectivity index (χ1) is 11.8. The van der Waals surface area contributed by atoms with Crippen LogP contribution >= 0.6 is 15.9 Å². The SMILES string of the molecule is FC(F)Oc1ccc(C2(COCc3cccc(Br)c3)CC2(F)F)cc1. The van der Waals surface area contributed by atoms with Crippen LogP contribution in [0, 0.1) is 0 Å². The molecule has 3 rings (SSSR count). The molecule has 1 aliphatic carbocycles. The van der Waals surface area contributed by atoms with E-state index >= 15 is 0 Å². The van der Waals surface area contributed by atoms with Crippen molar-refractivity contribution in [1.82, 2.24) is 0 Å². The highest BCUT2D eigenvalue weighted by Crippen LogP contribution is 2.61. The second-order valence-electron chi connectivity index (χ2n) is 5.99. The van der Waals surface area contributed by atoms with Crippen LogP contribution in [0.2, 0.25) is 0 Å². The van der Waals surface area contributed by atoms with Gasteiger partial charge in [-0.25, -0.2) is 8.78 Å². The molecule has 0 radical (unpaired) electrons. The number of benzene rings is 2. The van der Waals surface area contributed by atoms with Crippen LogP contribution in [-0.4, -0.2) is 19.1 Å². The maximum absolute atomic E-state index is 14.0. The van der Waals surface area contributed by atoms with Crippen molar-refractivity contribution in [3.05, 3.63) is 64.1 Å². The Morgan fingerprint density at radius 1 is 1.08 bits per heavy atom. The zero-order valence-corrected chi connectivity index (χ0v) is 14.6. The largest absolute Gasteiger partial charge is 0.435 e. The van der Waals surface area contributed by atoms with E-state index in [1.54, 1.807) is 0 Å². The van der Waals surface area contributed by atoms with E-state index in [1.807, 2.05) is 24.3 Å². The summed E-state index contributed by atoms with van der Waals surface area (Å²) >= 11 is 3.34. The van der Waals surface area contributed by atoms with E-state index in [9.17, 15) is 17.6 Å². The molecule has 1 fully saturated rings. The van der Waals surface area contributed by atoms with Crippen molar-refractivity contribution < 1.29 is 27.0 Å². The van der Waals surface area contributed by atoms with E-state index < -0.39 is 17.9 Å². The third kappa shape index (κ3) is 3.98. The van der Waals surface area contributed by atoms with Gasteiger partial charge >= 0.3 is 6.61 Å². The Bertz CT molecular complexity index is 736. The molecule has 0 spiro atoms. The van der Waals surface area contributed by atoms with Gasteiger partial charge in [-0.15, -0.1) is 0 Å². The molecule has 1 unspecified atom stereocenters. The van der Waals surface area contributed by atoms with E-state index in [2.05, 4.69) is 20.7 Å². The average molecular weight is 419 g/mol. The van der Waals surface area contributed by atoms with Crippen molar-refractivity contribution in [2.75, 3.05) is 6.61 Å². The first-order valence-electron chi connectivity index (χ1n) is 7.58. The zero-order chi connectivity index (χ0) is 18.1. The Kier molecular flexibility index (Phi) is 5.06. The van der Waals surface area contributed by atoms with Crippen molar-refractivity contribution in [2.45, 2.75) is 31.0 Å². The first kappa shape index (κ1) is 18.2. The number of alkyl halides is 4. The lowest BCUT2D eigenvalue weighted by molar-refractivity contribution is -0.0499.